The zero-order valence-corrected chi connectivity index (χ0v) is 30.6. The summed E-state index contributed by atoms with van der Waals surface area (Å²) in [5, 5.41) is 16.0. The van der Waals surface area contributed by atoms with Crippen LogP contribution in [0, 0.1) is 13.8 Å². The molecule has 2 rings (SSSR count). The number of carbonyl (C=O) groups is 4. The van der Waals surface area contributed by atoms with E-state index in [0.29, 0.717) is 23.1 Å². The van der Waals surface area contributed by atoms with E-state index in [1.165, 1.54) is 12.1 Å². The molecule has 54 heavy (non-hydrogen) atoms. The van der Waals surface area contributed by atoms with E-state index >= 15 is 0 Å². The lowest BCUT2D eigenvalue weighted by Gasteiger charge is -2.35. The minimum atomic E-state index is -2.30. The number of aryl methyl sites for hydroxylation is 2. The number of nitrogens with one attached hydrogen (secondary N) is 3. The Hall–Kier alpha value is -4.17. The maximum Gasteiger partial charge on any atom is 0.243 e. The van der Waals surface area contributed by atoms with Crippen LogP contribution in [0.1, 0.15) is 54.4 Å². The highest BCUT2D eigenvalue weighted by Crippen LogP contribution is 2.23. The van der Waals surface area contributed by atoms with Gasteiger partial charge in [-0.15, -0.1) is 27.3 Å². The average molecular weight is 718 g/mol. The number of nitrogens with zero attached hydrogens (tertiary/aromatic N) is 1. The topological polar surface area (TPSA) is 267 Å². The number of rotatable bonds is 19. The van der Waals surface area contributed by atoms with Crippen molar-refractivity contribution in [2.24, 2.45) is 33.7 Å². The highest BCUT2D eigenvalue weighted by molar-refractivity contribution is 6.67. The van der Waals surface area contributed by atoms with E-state index in [2.05, 4.69) is 20.9 Å². The van der Waals surface area contributed by atoms with E-state index in [9.17, 15) is 24.3 Å². The standard InChI is InChI=1S/C32H41B8N9O5/c1-13-9-15(50)10-14(2)16(13)11-20(47-27(52)18(41)5-3-8-46-30(43)44)28(53)49-31(38,6-4-7-32(39,40)45)29(54)48-19(26(42)51)12-17-21(33)23(35)25(37)24(36)22(17)34/h9-10,18-20,50H,3-8,11-12,41,45H2,1-2H3,(H2,42,51)(H,47,52)(H,48,54)(H,49,53)(H4,43,44,46)/t18-,19+,20+,31+/m1/s1. The lowest BCUT2D eigenvalue weighted by molar-refractivity contribution is -0.135. The number of primary amides is 1. The van der Waals surface area contributed by atoms with Crippen LogP contribution in [0.25, 0.3) is 0 Å². The molecule has 0 aliphatic heterocycles. The van der Waals surface area contributed by atoms with Gasteiger partial charge in [0.05, 0.1) is 27.2 Å². The van der Waals surface area contributed by atoms with Gasteiger partial charge in [-0.25, -0.2) is 0 Å². The third-order valence-electron chi connectivity index (χ3n) is 8.83. The number of phenolic OH excluding ortho intramolecular Hbond substituents is 1. The van der Waals surface area contributed by atoms with Gasteiger partial charge in [0.2, 0.25) is 23.6 Å². The Labute approximate surface area is 327 Å². The third kappa shape index (κ3) is 13.0. The molecule has 0 fully saturated rings. The van der Waals surface area contributed by atoms with Crippen LogP contribution in [-0.4, -0.2) is 133 Å². The van der Waals surface area contributed by atoms with Crippen molar-refractivity contribution in [1.29, 1.82) is 0 Å². The lowest BCUT2D eigenvalue weighted by atomic mass is 9.59. The van der Waals surface area contributed by atoms with Gasteiger partial charge in [0.15, 0.2) is 5.96 Å². The average Bonchev–Trinajstić information content (AvgIpc) is 3.05. The maximum absolute atomic E-state index is 14.2. The molecule has 22 heteroatoms. The minimum absolute atomic E-state index is 0.00621. The number of amides is 4. The number of hydrogen-bond acceptors (Lipinski definition) is 8. The Kier molecular flexibility index (Phi) is 16.5. The molecule has 14 N–H and O–H groups in total. The molecule has 14 nitrogen and oxygen atoms in total. The van der Waals surface area contributed by atoms with Crippen LogP contribution in [-0.2, 0) is 32.0 Å². The van der Waals surface area contributed by atoms with Crippen LogP contribution in [0.2, 0.25) is 0 Å². The minimum Gasteiger partial charge on any atom is -0.508 e. The number of carbonyl (C=O) groups excluding carboxylic acids is 4. The fraction of sp³-hybridized carbons (Fsp3) is 0.469. The van der Waals surface area contributed by atoms with Crippen molar-refractivity contribution in [2.75, 3.05) is 6.54 Å². The van der Waals surface area contributed by atoms with Crippen LogP contribution < -0.4 is 71.9 Å². The Morgan fingerprint density at radius 2 is 1.30 bits per heavy atom. The predicted molar refractivity (Wildman–Crippen MR) is 218 cm³/mol. The summed E-state index contributed by atoms with van der Waals surface area (Å²) in [6.07, 6.45) is -0.394. The molecule has 2 aromatic carbocycles. The van der Waals surface area contributed by atoms with Crippen LogP contribution in [0.3, 0.4) is 0 Å². The summed E-state index contributed by atoms with van der Waals surface area (Å²) >= 11 is 0. The van der Waals surface area contributed by atoms with Crippen LogP contribution in [0.4, 0.5) is 0 Å². The molecule has 0 saturated carbocycles. The van der Waals surface area contributed by atoms with Gasteiger partial charge in [-0.2, -0.15) is 0 Å². The molecular weight excluding hydrogens is 677 g/mol. The summed E-state index contributed by atoms with van der Waals surface area (Å²) in [7, 11) is 48.2. The first kappa shape index (κ1) is 46.0. The smallest absolute Gasteiger partial charge is 0.243 e. The molecule has 0 spiro atoms. The summed E-state index contributed by atoms with van der Waals surface area (Å²) in [6, 6.07) is -0.998. The first-order valence-corrected chi connectivity index (χ1v) is 16.9. The molecule has 0 aromatic heterocycles. The van der Waals surface area contributed by atoms with Gasteiger partial charge < -0.3 is 49.7 Å². The second-order valence-electron chi connectivity index (χ2n) is 13.5. The number of hydrogen-bond donors (Lipinski definition) is 9. The molecule has 0 aliphatic rings. The molecule has 4 amide bonds. The fourth-order valence-electron chi connectivity index (χ4n) is 5.69. The molecule has 0 unspecified atom stereocenters. The zero-order valence-electron chi connectivity index (χ0n) is 30.6. The second kappa shape index (κ2) is 19.4. The van der Waals surface area contributed by atoms with Gasteiger partial charge in [-0.3, -0.25) is 24.2 Å². The Morgan fingerprint density at radius 3 is 1.80 bits per heavy atom. The largest absolute Gasteiger partial charge is 0.508 e. The van der Waals surface area contributed by atoms with Gasteiger partial charge in [0, 0.05) is 19.4 Å². The molecular formula is C32H41B8N9O5. The van der Waals surface area contributed by atoms with E-state index in [1.54, 1.807) is 13.8 Å². The molecule has 0 aliphatic carbocycles. The monoisotopic (exact) mass is 719 g/mol. The summed E-state index contributed by atoms with van der Waals surface area (Å²) in [6.45, 7) is 3.63. The summed E-state index contributed by atoms with van der Waals surface area (Å²) in [5.41, 5.74) is 27.4. The highest BCUT2D eigenvalue weighted by Gasteiger charge is 2.39. The van der Waals surface area contributed by atoms with Crippen molar-refractivity contribution < 1.29 is 24.3 Å². The Balaban J connectivity index is 2.52. The van der Waals surface area contributed by atoms with Crippen molar-refractivity contribution in [2.45, 2.75) is 87.7 Å². The summed E-state index contributed by atoms with van der Waals surface area (Å²) in [4.78, 5) is 58.0. The Bertz CT molecular complexity index is 1710. The molecule has 2 aromatic rings. The quantitative estimate of drug-likeness (QED) is 0.0289. The summed E-state index contributed by atoms with van der Waals surface area (Å²) < 4.78 is 0. The van der Waals surface area contributed by atoms with Crippen LogP contribution >= 0.6 is 0 Å². The van der Waals surface area contributed by atoms with Gasteiger partial charge in [-0.05, 0) is 61.9 Å². The molecule has 0 saturated heterocycles. The van der Waals surface area contributed by atoms with Gasteiger partial charge in [0.25, 0.3) is 0 Å². The molecule has 4 atom stereocenters. The number of aromatic hydroxyl groups is 1. The zero-order chi connectivity index (χ0) is 41.3. The molecule has 0 heterocycles. The third-order valence-corrected chi connectivity index (χ3v) is 8.83. The van der Waals surface area contributed by atoms with Gasteiger partial charge in [0.1, 0.15) is 64.9 Å². The van der Waals surface area contributed by atoms with E-state index in [-0.39, 0.29) is 83.2 Å². The van der Waals surface area contributed by atoms with Crippen LogP contribution in [0.15, 0.2) is 17.1 Å². The predicted octanol–water partition coefficient (Wildman–Crippen LogP) is -8.30. The van der Waals surface area contributed by atoms with Crippen LogP contribution in [0.5, 0.6) is 5.75 Å². The summed E-state index contributed by atoms with van der Waals surface area (Å²) in [5.74, 6) is -3.86. The number of phenols is 1. The SMILES string of the molecule is [B]c1c([B])c([B])c(C[C@H](NC(=O)[C@]([B])(CCCC([B])([B])N)NC(=O)[C@H](Cc2c(C)cc(O)cc2C)NC(=O)[C@H](N)CCCN=C(N)N)C(N)=O)c([B])c1[B]. The highest BCUT2D eigenvalue weighted by atomic mass is 16.3. The molecule has 16 radical (unpaired) electrons. The number of aliphatic imine (C=N–C) groups is 1. The van der Waals surface area contributed by atoms with Crippen molar-refractivity contribution in [3.63, 3.8) is 0 Å². The number of guanidine groups is 1. The molecule has 268 valence electrons. The number of benzene rings is 2. The van der Waals surface area contributed by atoms with E-state index in [1.807, 2.05) is 0 Å². The van der Waals surface area contributed by atoms with Gasteiger partial charge >= 0.3 is 0 Å². The van der Waals surface area contributed by atoms with E-state index in [0.717, 1.165) is 0 Å². The fourth-order valence-corrected chi connectivity index (χ4v) is 5.69. The first-order valence-electron chi connectivity index (χ1n) is 16.9. The van der Waals surface area contributed by atoms with Crippen molar-refractivity contribution in [1.82, 2.24) is 16.0 Å². The Morgan fingerprint density at radius 1 is 0.778 bits per heavy atom. The maximum atomic E-state index is 14.2. The van der Waals surface area contributed by atoms with E-state index < -0.39 is 59.0 Å². The first-order chi connectivity index (χ1) is 24.9. The van der Waals surface area contributed by atoms with E-state index in [4.69, 9.17) is 91.4 Å². The lowest BCUT2D eigenvalue weighted by Crippen LogP contribution is -2.66. The van der Waals surface area contributed by atoms with Gasteiger partial charge in [-0.1, -0.05) is 23.7 Å². The normalized spacial score (nSPS) is 14.1. The van der Waals surface area contributed by atoms with Crippen molar-refractivity contribution >= 4 is 120 Å². The molecule has 0 bridgehead atoms. The van der Waals surface area contributed by atoms with Crippen molar-refractivity contribution in [3.8, 4) is 5.75 Å². The van der Waals surface area contributed by atoms with Crippen molar-refractivity contribution in [3.05, 3.63) is 34.4 Å². The second-order valence-corrected chi connectivity index (χ2v) is 13.5. The number of nitrogens with two attached hydrogens (primary N) is 5.